The van der Waals surface area contributed by atoms with E-state index in [-0.39, 0.29) is 5.78 Å². The number of hydrogen-bond donors (Lipinski definition) is 0. The fraction of sp³-hybridized carbons (Fsp3) is 0.375. The standard InChI is InChI=1S/C24H27ClO7/c1-6-17(22(26)14-7-10-16(25)11-8-14)20(21(23(27)31-4)24(28)32-5)15-9-12-18(29-2)19(13-15)30-3/h7-13,17,20-21H,6H2,1-5H3/t17-,20+/m1/s1. The second-order valence-corrected chi connectivity index (χ2v) is 7.49. The van der Waals surface area contributed by atoms with E-state index in [1.807, 2.05) is 6.92 Å². The van der Waals surface area contributed by atoms with Crippen LogP contribution in [0.1, 0.15) is 35.2 Å². The predicted octanol–water partition coefficient (Wildman–Crippen LogP) is 4.31. The molecule has 0 saturated heterocycles. The van der Waals surface area contributed by atoms with E-state index >= 15 is 0 Å². The Hall–Kier alpha value is -3.06. The Morgan fingerprint density at radius 3 is 1.88 bits per heavy atom. The van der Waals surface area contributed by atoms with Crippen LogP contribution in [0.4, 0.5) is 0 Å². The van der Waals surface area contributed by atoms with E-state index in [1.54, 1.807) is 42.5 Å². The van der Waals surface area contributed by atoms with Crippen molar-refractivity contribution in [2.24, 2.45) is 11.8 Å². The summed E-state index contributed by atoms with van der Waals surface area (Å²) in [4.78, 5) is 38.9. The molecule has 32 heavy (non-hydrogen) atoms. The van der Waals surface area contributed by atoms with Gasteiger partial charge in [0.05, 0.1) is 28.4 Å². The van der Waals surface area contributed by atoms with Crippen molar-refractivity contribution in [3.8, 4) is 11.5 Å². The van der Waals surface area contributed by atoms with Gasteiger partial charge in [-0.15, -0.1) is 0 Å². The Balaban J connectivity index is 2.70. The molecule has 0 fully saturated rings. The molecule has 0 radical (unpaired) electrons. The lowest BCUT2D eigenvalue weighted by molar-refractivity contribution is -0.160. The molecule has 0 heterocycles. The van der Waals surface area contributed by atoms with Gasteiger partial charge in [-0.25, -0.2) is 0 Å². The van der Waals surface area contributed by atoms with Crippen molar-refractivity contribution >= 4 is 29.3 Å². The van der Waals surface area contributed by atoms with Gasteiger partial charge in [0.1, 0.15) is 0 Å². The van der Waals surface area contributed by atoms with Crippen molar-refractivity contribution in [3.63, 3.8) is 0 Å². The van der Waals surface area contributed by atoms with Crippen LogP contribution < -0.4 is 9.47 Å². The number of carbonyl (C=O) groups is 3. The molecule has 0 aromatic heterocycles. The molecule has 0 N–H and O–H groups in total. The summed E-state index contributed by atoms with van der Waals surface area (Å²) >= 11 is 5.96. The highest BCUT2D eigenvalue weighted by Gasteiger charge is 2.44. The average Bonchev–Trinajstić information content (AvgIpc) is 2.82. The van der Waals surface area contributed by atoms with Crippen molar-refractivity contribution in [2.75, 3.05) is 28.4 Å². The lowest BCUT2D eigenvalue weighted by atomic mass is 9.72. The van der Waals surface area contributed by atoms with Crippen LogP contribution in [-0.4, -0.2) is 46.2 Å². The second-order valence-electron chi connectivity index (χ2n) is 7.05. The van der Waals surface area contributed by atoms with Crippen LogP contribution in [0.3, 0.4) is 0 Å². The number of halogens is 1. The van der Waals surface area contributed by atoms with E-state index in [2.05, 4.69) is 0 Å². The molecule has 2 aromatic rings. The molecule has 2 aromatic carbocycles. The molecular formula is C24H27ClO7. The van der Waals surface area contributed by atoms with Gasteiger partial charge in [-0.1, -0.05) is 24.6 Å². The van der Waals surface area contributed by atoms with Crippen molar-refractivity contribution in [2.45, 2.75) is 19.3 Å². The number of ketones is 1. The van der Waals surface area contributed by atoms with Gasteiger partial charge >= 0.3 is 11.9 Å². The van der Waals surface area contributed by atoms with Gasteiger partial charge in [0, 0.05) is 22.4 Å². The maximum atomic E-state index is 13.5. The van der Waals surface area contributed by atoms with E-state index < -0.39 is 29.7 Å². The molecule has 7 nitrogen and oxygen atoms in total. The summed E-state index contributed by atoms with van der Waals surface area (Å²) in [5.74, 6) is -3.92. The van der Waals surface area contributed by atoms with Crippen LogP contribution in [0.25, 0.3) is 0 Å². The molecule has 0 saturated carbocycles. The molecule has 2 rings (SSSR count). The number of rotatable bonds is 10. The first kappa shape index (κ1) is 25.2. The van der Waals surface area contributed by atoms with Crippen molar-refractivity contribution in [1.29, 1.82) is 0 Å². The minimum atomic E-state index is -1.36. The maximum absolute atomic E-state index is 13.5. The summed E-state index contributed by atoms with van der Waals surface area (Å²) in [5.41, 5.74) is 0.956. The van der Waals surface area contributed by atoms with E-state index in [0.29, 0.717) is 34.1 Å². The smallest absolute Gasteiger partial charge is 0.320 e. The number of ether oxygens (including phenoxy) is 4. The Bertz CT molecular complexity index is 939. The molecule has 172 valence electrons. The van der Waals surface area contributed by atoms with E-state index in [4.69, 9.17) is 30.5 Å². The summed E-state index contributed by atoms with van der Waals surface area (Å²) < 4.78 is 20.5. The monoisotopic (exact) mass is 462 g/mol. The molecule has 0 bridgehead atoms. The topological polar surface area (TPSA) is 88.1 Å². The molecule has 0 aliphatic carbocycles. The number of carbonyl (C=O) groups excluding carboxylic acids is 3. The molecule has 0 amide bonds. The number of esters is 2. The molecule has 0 unspecified atom stereocenters. The lowest BCUT2D eigenvalue weighted by Crippen LogP contribution is -2.38. The Kier molecular flexibility index (Phi) is 9.08. The number of hydrogen-bond acceptors (Lipinski definition) is 7. The van der Waals surface area contributed by atoms with Crippen molar-refractivity contribution in [1.82, 2.24) is 0 Å². The van der Waals surface area contributed by atoms with Crippen LogP contribution in [0.15, 0.2) is 42.5 Å². The molecule has 8 heteroatoms. The predicted molar refractivity (Wildman–Crippen MR) is 119 cm³/mol. The van der Waals surface area contributed by atoms with Gasteiger partial charge in [-0.05, 0) is 48.4 Å². The fourth-order valence-electron chi connectivity index (χ4n) is 3.79. The number of Topliss-reactive ketones (excluding diaryl/α,β-unsaturated/α-hetero) is 1. The van der Waals surface area contributed by atoms with Crippen LogP contribution in [0.5, 0.6) is 11.5 Å². The first-order valence-electron chi connectivity index (χ1n) is 10.00. The molecular weight excluding hydrogens is 436 g/mol. The summed E-state index contributed by atoms with van der Waals surface area (Å²) in [6, 6.07) is 11.5. The van der Waals surface area contributed by atoms with Gasteiger partial charge in [-0.2, -0.15) is 0 Å². The third-order valence-corrected chi connectivity index (χ3v) is 5.65. The normalized spacial score (nSPS) is 12.6. The SMILES string of the molecule is CC[C@@H](C(=O)c1ccc(Cl)cc1)[C@H](c1ccc(OC)c(OC)c1)C(C(=O)OC)C(=O)OC. The zero-order valence-corrected chi connectivity index (χ0v) is 19.5. The highest BCUT2D eigenvalue weighted by molar-refractivity contribution is 6.30. The van der Waals surface area contributed by atoms with Crippen LogP contribution in [0, 0.1) is 11.8 Å². The molecule has 0 spiro atoms. The zero-order valence-electron chi connectivity index (χ0n) is 18.7. The molecule has 0 aliphatic heterocycles. The molecule has 0 aliphatic rings. The lowest BCUT2D eigenvalue weighted by Gasteiger charge is -2.30. The molecule has 2 atom stereocenters. The maximum Gasteiger partial charge on any atom is 0.320 e. The van der Waals surface area contributed by atoms with Gasteiger partial charge in [-0.3, -0.25) is 14.4 Å². The minimum absolute atomic E-state index is 0.234. The zero-order chi connectivity index (χ0) is 23.8. The van der Waals surface area contributed by atoms with Gasteiger partial charge in [0.15, 0.2) is 23.2 Å². The summed E-state index contributed by atoms with van der Waals surface area (Å²) in [6.07, 6.45) is 0.352. The Labute approximate surface area is 192 Å². The van der Waals surface area contributed by atoms with E-state index in [0.717, 1.165) is 0 Å². The van der Waals surface area contributed by atoms with Crippen LogP contribution in [0.2, 0.25) is 5.02 Å². The van der Waals surface area contributed by atoms with Gasteiger partial charge < -0.3 is 18.9 Å². The summed E-state index contributed by atoms with van der Waals surface area (Å²) in [6.45, 7) is 1.82. The van der Waals surface area contributed by atoms with E-state index in [1.165, 1.54) is 28.4 Å². The first-order valence-corrected chi connectivity index (χ1v) is 10.4. The summed E-state index contributed by atoms with van der Waals surface area (Å²) in [7, 11) is 5.35. The third-order valence-electron chi connectivity index (χ3n) is 5.40. The Morgan fingerprint density at radius 2 is 1.41 bits per heavy atom. The minimum Gasteiger partial charge on any atom is -0.493 e. The fourth-order valence-corrected chi connectivity index (χ4v) is 3.92. The average molecular weight is 463 g/mol. The van der Waals surface area contributed by atoms with Crippen molar-refractivity contribution < 1.29 is 33.3 Å². The quantitative estimate of drug-likeness (QED) is 0.295. The van der Waals surface area contributed by atoms with Gasteiger partial charge in [0.2, 0.25) is 0 Å². The van der Waals surface area contributed by atoms with Crippen LogP contribution >= 0.6 is 11.6 Å². The Morgan fingerprint density at radius 1 is 0.844 bits per heavy atom. The summed E-state index contributed by atoms with van der Waals surface area (Å²) in [5, 5.41) is 0.494. The van der Waals surface area contributed by atoms with E-state index in [9.17, 15) is 14.4 Å². The highest BCUT2D eigenvalue weighted by atomic mass is 35.5. The number of methoxy groups -OCH3 is 4. The highest BCUT2D eigenvalue weighted by Crippen LogP contribution is 2.41. The third kappa shape index (κ3) is 5.40. The second kappa shape index (κ2) is 11.5. The number of benzene rings is 2. The van der Waals surface area contributed by atoms with Crippen molar-refractivity contribution in [3.05, 3.63) is 58.6 Å². The van der Waals surface area contributed by atoms with Crippen LogP contribution in [-0.2, 0) is 19.1 Å². The van der Waals surface area contributed by atoms with Gasteiger partial charge in [0.25, 0.3) is 0 Å². The first-order chi connectivity index (χ1) is 15.3. The largest absolute Gasteiger partial charge is 0.493 e.